The first-order valence-corrected chi connectivity index (χ1v) is 9.32. The fourth-order valence-corrected chi connectivity index (χ4v) is 3.72. The molecule has 0 radical (unpaired) electrons. The van der Waals surface area contributed by atoms with E-state index in [9.17, 15) is 0 Å². The van der Waals surface area contributed by atoms with E-state index < -0.39 is 0 Å². The van der Waals surface area contributed by atoms with Crippen molar-refractivity contribution in [3.63, 3.8) is 0 Å². The lowest BCUT2D eigenvalue weighted by Crippen LogP contribution is -2.49. The highest BCUT2D eigenvalue weighted by molar-refractivity contribution is 5.59. The molecule has 2 fully saturated rings. The molecular weight excluding hydrogens is 312 g/mol. The topological polar surface area (TPSA) is 41.5 Å². The Morgan fingerprint density at radius 3 is 2.64 bits per heavy atom. The van der Waals surface area contributed by atoms with Crippen LogP contribution in [0.2, 0.25) is 0 Å². The van der Waals surface area contributed by atoms with Crippen LogP contribution < -0.4 is 4.90 Å². The Hall–Kier alpha value is -1.98. The van der Waals surface area contributed by atoms with E-state index in [-0.39, 0.29) is 0 Å². The zero-order valence-electron chi connectivity index (χ0n) is 14.7. The molecule has 3 heterocycles. The van der Waals surface area contributed by atoms with Crippen LogP contribution in [0.3, 0.4) is 0 Å². The van der Waals surface area contributed by atoms with Crippen molar-refractivity contribution < 1.29 is 4.74 Å². The summed E-state index contributed by atoms with van der Waals surface area (Å²) in [5.41, 5.74) is 2.13. The van der Waals surface area contributed by atoms with E-state index in [1.165, 1.54) is 19.4 Å². The Morgan fingerprint density at radius 1 is 1.04 bits per heavy atom. The maximum Gasteiger partial charge on any atom is 0.225 e. The first-order valence-electron chi connectivity index (χ1n) is 9.32. The number of hydrogen-bond acceptors (Lipinski definition) is 5. The van der Waals surface area contributed by atoms with Crippen molar-refractivity contribution in [3.8, 4) is 11.3 Å². The highest BCUT2D eigenvalue weighted by Crippen LogP contribution is 2.20. The second kappa shape index (κ2) is 7.93. The van der Waals surface area contributed by atoms with Gasteiger partial charge in [0.05, 0.1) is 12.3 Å². The highest BCUT2D eigenvalue weighted by atomic mass is 16.5. The Kier molecular flexibility index (Phi) is 5.23. The van der Waals surface area contributed by atoms with Crippen molar-refractivity contribution in [1.82, 2.24) is 14.9 Å². The molecule has 25 heavy (non-hydrogen) atoms. The van der Waals surface area contributed by atoms with Crippen LogP contribution >= 0.6 is 0 Å². The van der Waals surface area contributed by atoms with Gasteiger partial charge in [0.2, 0.25) is 5.95 Å². The summed E-state index contributed by atoms with van der Waals surface area (Å²) < 4.78 is 5.61. The van der Waals surface area contributed by atoms with Gasteiger partial charge in [0, 0.05) is 51.1 Å². The van der Waals surface area contributed by atoms with Gasteiger partial charge in [-0.1, -0.05) is 30.3 Å². The average molecular weight is 338 g/mol. The Balaban J connectivity index is 1.36. The maximum atomic E-state index is 5.61. The Morgan fingerprint density at radius 2 is 1.88 bits per heavy atom. The van der Waals surface area contributed by atoms with Crippen LogP contribution in [0.4, 0.5) is 5.95 Å². The van der Waals surface area contributed by atoms with Gasteiger partial charge in [-0.05, 0) is 24.8 Å². The van der Waals surface area contributed by atoms with Gasteiger partial charge in [0.15, 0.2) is 0 Å². The minimum absolute atomic E-state index is 0.706. The molecule has 2 aliphatic heterocycles. The minimum atomic E-state index is 0.706. The van der Waals surface area contributed by atoms with Crippen molar-refractivity contribution in [1.29, 1.82) is 0 Å². The molecular formula is C20H26N4O. The largest absolute Gasteiger partial charge is 0.381 e. The molecule has 4 rings (SSSR count). The lowest BCUT2D eigenvalue weighted by Gasteiger charge is -2.37. The number of hydrogen-bond donors (Lipinski definition) is 0. The van der Waals surface area contributed by atoms with Gasteiger partial charge in [0.25, 0.3) is 0 Å². The Labute approximate surface area is 149 Å². The summed E-state index contributed by atoms with van der Waals surface area (Å²) >= 11 is 0. The van der Waals surface area contributed by atoms with E-state index in [0.717, 1.165) is 56.6 Å². The monoisotopic (exact) mass is 338 g/mol. The van der Waals surface area contributed by atoms with Crippen LogP contribution in [-0.2, 0) is 4.74 Å². The van der Waals surface area contributed by atoms with Gasteiger partial charge in [0.1, 0.15) is 0 Å². The van der Waals surface area contributed by atoms with Crippen LogP contribution in [0, 0.1) is 5.92 Å². The molecule has 1 aromatic carbocycles. The van der Waals surface area contributed by atoms with Crippen molar-refractivity contribution in [2.24, 2.45) is 5.92 Å². The quantitative estimate of drug-likeness (QED) is 0.857. The number of piperazine rings is 1. The van der Waals surface area contributed by atoms with Gasteiger partial charge in [-0.3, -0.25) is 4.90 Å². The molecule has 5 nitrogen and oxygen atoms in total. The molecule has 0 spiro atoms. The van der Waals surface area contributed by atoms with E-state index in [4.69, 9.17) is 9.72 Å². The van der Waals surface area contributed by atoms with Gasteiger partial charge < -0.3 is 9.64 Å². The zero-order chi connectivity index (χ0) is 16.9. The zero-order valence-corrected chi connectivity index (χ0v) is 14.7. The fourth-order valence-electron chi connectivity index (χ4n) is 3.72. The average Bonchev–Trinajstić information content (AvgIpc) is 2.70. The summed E-state index contributed by atoms with van der Waals surface area (Å²) in [5, 5.41) is 0. The van der Waals surface area contributed by atoms with E-state index in [2.05, 4.69) is 26.9 Å². The standard InChI is InChI=1S/C20H26N4O/c1-2-6-18(7-3-1)19-8-9-21-20(22-19)24-12-10-23(11-13-24)15-17-5-4-14-25-16-17/h1-3,6-9,17H,4-5,10-16H2. The molecule has 0 bridgehead atoms. The van der Waals surface area contributed by atoms with E-state index >= 15 is 0 Å². The molecule has 1 aromatic heterocycles. The summed E-state index contributed by atoms with van der Waals surface area (Å²) in [7, 11) is 0. The molecule has 5 heteroatoms. The lowest BCUT2D eigenvalue weighted by atomic mass is 10.0. The molecule has 0 saturated carbocycles. The van der Waals surface area contributed by atoms with Crippen molar-refractivity contribution in [2.75, 3.05) is 50.8 Å². The predicted octanol–water partition coefficient (Wildman–Crippen LogP) is 2.69. The highest BCUT2D eigenvalue weighted by Gasteiger charge is 2.23. The van der Waals surface area contributed by atoms with Crippen LogP contribution in [-0.4, -0.2) is 60.8 Å². The molecule has 132 valence electrons. The fraction of sp³-hybridized carbons (Fsp3) is 0.500. The third-order valence-electron chi connectivity index (χ3n) is 5.14. The summed E-state index contributed by atoms with van der Waals surface area (Å²) in [4.78, 5) is 14.2. The number of ether oxygens (including phenoxy) is 1. The van der Waals surface area contributed by atoms with Crippen LogP contribution in [0.25, 0.3) is 11.3 Å². The van der Waals surface area contributed by atoms with E-state index in [1.807, 2.05) is 30.5 Å². The van der Waals surface area contributed by atoms with Crippen molar-refractivity contribution in [3.05, 3.63) is 42.6 Å². The van der Waals surface area contributed by atoms with E-state index in [0.29, 0.717) is 5.92 Å². The molecule has 1 atom stereocenters. The smallest absolute Gasteiger partial charge is 0.225 e. The van der Waals surface area contributed by atoms with Crippen molar-refractivity contribution >= 4 is 5.95 Å². The van der Waals surface area contributed by atoms with E-state index in [1.54, 1.807) is 0 Å². The second-order valence-electron chi connectivity index (χ2n) is 6.98. The SMILES string of the molecule is c1ccc(-c2ccnc(N3CCN(CC4CCCOC4)CC3)n2)cc1. The number of rotatable bonds is 4. The molecule has 0 N–H and O–H groups in total. The Bertz CT molecular complexity index is 664. The van der Waals surface area contributed by atoms with Crippen LogP contribution in [0.15, 0.2) is 42.6 Å². The van der Waals surface area contributed by atoms with Crippen LogP contribution in [0.5, 0.6) is 0 Å². The summed E-state index contributed by atoms with van der Waals surface area (Å²) in [6.07, 6.45) is 4.39. The number of nitrogens with zero attached hydrogens (tertiary/aromatic N) is 4. The van der Waals surface area contributed by atoms with Crippen molar-refractivity contribution in [2.45, 2.75) is 12.8 Å². The minimum Gasteiger partial charge on any atom is -0.381 e. The first-order chi connectivity index (χ1) is 12.4. The third-order valence-corrected chi connectivity index (χ3v) is 5.14. The number of aromatic nitrogens is 2. The predicted molar refractivity (Wildman–Crippen MR) is 99.7 cm³/mol. The summed E-state index contributed by atoms with van der Waals surface area (Å²) in [6, 6.07) is 12.3. The molecule has 0 amide bonds. The van der Waals surface area contributed by atoms with Gasteiger partial charge in [-0.15, -0.1) is 0 Å². The number of anilines is 1. The van der Waals surface area contributed by atoms with Gasteiger partial charge >= 0.3 is 0 Å². The third kappa shape index (κ3) is 4.17. The molecule has 2 aromatic rings. The van der Waals surface area contributed by atoms with Gasteiger partial charge in [-0.2, -0.15) is 0 Å². The molecule has 2 saturated heterocycles. The molecule has 2 aliphatic rings. The second-order valence-corrected chi connectivity index (χ2v) is 6.98. The number of benzene rings is 1. The van der Waals surface area contributed by atoms with Gasteiger partial charge in [-0.25, -0.2) is 9.97 Å². The first kappa shape index (κ1) is 16.5. The molecule has 0 aliphatic carbocycles. The summed E-state index contributed by atoms with van der Waals surface area (Å²) in [5.74, 6) is 1.56. The van der Waals surface area contributed by atoms with Crippen LogP contribution in [0.1, 0.15) is 12.8 Å². The summed E-state index contributed by atoms with van der Waals surface area (Å²) in [6.45, 7) is 7.18. The molecule has 1 unspecified atom stereocenters. The lowest BCUT2D eigenvalue weighted by molar-refractivity contribution is 0.0376. The normalized spacial score (nSPS) is 22.1. The maximum absolute atomic E-state index is 5.61.